The summed E-state index contributed by atoms with van der Waals surface area (Å²) >= 11 is 7.02. The Bertz CT molecular complexity index is 1420. The molecule has 0 atom stereocenters. The van der Waals surface area contributed by atoms with E-state index >= 15 is 0 Å². The zero-order valence-electron chi connectivity index (χ0n) is 18.6. The average Bonchev–Trinajstić information content (AvgIpc) is 3.33. The van der Waals surface area contributed by atoms with Gasteiger partial charge < -0.3 is 9.88 Å². The summed E-state index contributed by atoms with van der Waals surface area (Å²) in [6, 6.07) is 17.5. The third-order valence-corrected chi connectivity index (χ3v) is 7.38. The van der Waals surface area contributed by atoms with Gasteiger partial charge in [-0.2, -0.15) is 0 Å². The highest BCUT2D eigenvalue weighted by Crippen LogP contribution is 2.24. The molecule has 3 heterocycles. The third kappa shape index (κ3) is 4.86. The number of H-pyrrole nitrogens is 1. The second-order valence-electron chi connectivity index (χ2n) is 8.35. The zero-order valence-corrected chi connectivity index (χ0v) is 20.3. The number of rotatable bonds is 6. The molecule has 0 spiro atoms. The van der Waals surface area contributed by atoms with Crippen LogP contribution in [0.25, 0.3) is 21.5 Å². The van der Waals surface area contributed by atoms with E-state index in [9.17, 15) is 9.59 Å². The average molecular weight is 492 g/mol. The Balaban J connectivity index is 1.15. The molecule has 1 aliphatic heterocycles. The quantitative estimate of drug-likeness (QED) is 0.414. The number of amides is 1. The number of nitrogens with one attached hydrogen (secondary N) is 1. The molecule has 0 unspecified atom stereocenters. The van der Waals surface area contributed by atoms with E-state index in [1.807, 2.05) is 41.3 Å². The van der Waals surface area contributed by atoms with E-state index in [2.05, 4.69) is 27.4 Å². The SMILES string of the molecule is O=C(CCn1c(=S)[nH]c2ccccc2c1=O)N1CCN(Cc2csc(-c3ccccc3)n2)CC1. The van der Waals surface area contributed by atoms with Crippen molar-refractivity contribution in [1.82, 2.24) is 24.3 Å². The lowest BCUT2D eigenvalue weighted by atomic mass is 10.2. The number of fused-ring (bicyclic) bond motifs is 1. The van der Waals surface area contributed by atoms with Crippen LogP contribution in [0.5, 0.6) is 0 Å². The number of carbonyl (C=O) groups excluding carboxylic acids is 1. The molecule has 7 nitrogen and oxygen atoms in total. The number of aromatic amines is 1. The topological polar surface area (TPSA) is 74.2 Å². The fourth-order valence-electron chi connectivity index (χ4n) is 4.24. The number of thiazole rings is 1. The number of piperazine rings is 1. The molecule has 2 aromatic heterocycles. The largest absolute Gasteiger partial charge is 0.340 e. The summed E-state index contributed by atoms with van der Waals surface area (Å²) in [5.41, 5.74) is 2.76. The van der Waals surface area contributed by atoms with E-state index in [0.29, 0.717) is 28.8 Å². The molecule has 1 N–H and O–H groups in total. The Morgan fingerprint density at radius 3 is 2.56 bits per heavy atom. The highest BCUT2D eigenvalue weighted by atomic mass is 32.1. The normalized spacial score (nSPS) is 14.5. The molecule has 1 aliphatic rings. The van der Waals surface area contributed by atoms with Gasteiger partial charge in [0.15, 0.2) is 4.77 Å². The van der Waals surface area contributed by atoms with Crippen LogP contribution in [0.3, 0.4) is 0 Å². The molecule has 5 rings (SSSR count). The van der Waals surface area contributed by atoms with Crippen molar-refractivity contribution in [2.24, 2.45) is 0 Å². The number of carbonyl (C=O) groups is 1. The first-order valence-corrected chi connectivity index (χ1v) is 12.6. The van der Waals surface area contributed by atoms with Crippen LogP contribution in [-0.4, -0.2) is 56.4 Å². The molecular weight excluding hydrogens is 466 g/mol. The third-order valence-electron chi connectivity index (χ3n) is 6.12. The van der Waals surface area contributed by atoms with Crippen LogP contribution in [0.4, 0.5) is 0 Å². The molecule has 2 aromatic carbocycles. The van der Waals surface area contributed by atoms with Crippen LogP contribution in [0.2, 0.25) is 0 Å². The van der Waals surface area contributed by atoms with Gasteiger partial charge in [0.05, 0.1) is 16.6 Å². The molecule has 0 saturated carbocycles. The Labute approximate surface area is 206 Å². The van der Waals surface area contributed by atoms with Crippen LogP contribution >= 0.6 is 23.6 Å². The van der Waals surface area contributed by atoms with Crippen molar-refractivity contribution < 1.29 is 4.79 Å². The zero-order chi connectivity index (χ0) is 23.5. The van der Waals surface area contributed by atoms with E-state index in [-0.39, 0.29) is 24.4 Å². The van der Waals surface area contributed by atoms with Crippen molar-refractivity contribution in [3.8, 4) is 10.6 Å². The van der Waals surface area contributed by atoms with Crippen molar-refractivity contribution in [3.05, 3.63) is 80.8 Å². The number of aromatic nitrogens is 3. The Hall–Kier alpha value is -3.14. The minimum atomic E-state index is -0.157. The van der Waals surface area contributed by atoms with Gasteiger partial charge in [-0.25, -0.2) is 4.98 Å². The molecule has 0 radical (unpaired) electrons. The minimum Gasteiger partial charge on any atom is -0.340 e. The Kier molecular flexibility index (Phi) is 6.66. The van der Waals surface area contributed by atoms with Crippen molar-refractivity contribution in [3.63, 3.8) is 0 Å². The highest BCUT2D eigenvalue weighted by Gasteiger charge is 2.22. The van der Waals surface area contributed by atoms with Gasteiger partial charge in [-0.15, -0.1) is 11.3 Å². The predicted molar refractivity (Wildman–Crippen MR) is 137 cm³/mol. The summed E-state index contributed by atoms with van der Waals surface area (Å²) in [6.07, 6.45) is 0.252. The van der Waals surface area contributed by atoms with Crippen molar-refractivity contribution >= 4 is 40.4 Å². The molecule has 0 bridgehead atoms. The van der Waals surface area contributed by atoms with Crippen LogP contribution in [0, 0.1) is 4.77 Å². The summed E-state index contributed by atoms with van der Waals surface area (Å²) in [5, 5.41) is 3.73. The highest BCUT2D eigenvalue weighted by molar-refractivity contribution is 7.71. The summed E-state index contributed by atoms with van der Waals surface area (Å²) in [7, 11) is 0. The first-order chi connectivity index (χ1) is 16.6. The lowest BCUT2D eigenvalue weighted by molar-refractivity contribution is -0.133. The molecule has 9 heteroatoms. The van der Waals surface area contributed by atoms with Gasteiger partial charge in [0, 0.05) is 56.6 Å². The van der Waals surface area contributed by atoms with Crippen molar-refractivity contribution in [1.29, 1.82) is 0 Å². The van der Waals surface area contributed by atoms with E-state index in [0.717, 1.165) is 35.9 Å². The first kappa shape index (κ1) is 22.6. The fourth-order valence-corrected chi connectivity index (χ4v) is 5.35. The van der Waals surface area contributed by atoms with Gasteiger partial charge in [0.1, 0.15) is 5.01 Å². The molecule has 34 heavy (non-hydrogen) atoms. The van der Waals surface area contributed by atoms with Gasteiger partial charge in [-0.3, -0.25) is 19.1 Å². The van der Waals surface area contributed by atoms with E-state index in [1.165, 1.54) is 4.57 Å². The van der Waals surface area contributed by atoms with Gasteiger partial charge in [-0.05, 0) is 24.4 Å². The second kappa shape index (κ2) is 10.0. The lowest BCUT2D eigenvalue weighted by Gasteiger charge is -2.34. The number of nitrogens with zero attached hydrogens (tertiary/aromatic N) is 4. The van der Waals surface area contributed by atoms with Gasteiger partial charge in [0.2, 0.25) is 5.91 Å². The molecule has 1 saturated heterocycles. The van der Waals surface area contributed by atoms with Crippen molar-refractivity contribution in [2.75, 3.05) is 26.2 Å². The minimum absolute atomic E-state index is 0.0501. The maximum atomic E-state index is 12.8. The molecule has 174 valence electrons. The Morgan fingerprint density at radius 2 is 1.76 bits per heavy atom. The predicted octanol–water partition coefficient (Wildman–Crippen LogP) is 3.92. The van der Waals surface area contributed by atoms with Crippen molar-refractivity contribution in [2.45, 2.75) is 19.5 Å². The van der Waals surface area contributed by atoms with Gasteiger partial charge in [-0.1, -0.05) is 42.5 Å². The fraction of sp³-hybridized carbons (Fsp3) is 0.280. The van der Waals surface area contributed by atoms with E-state index < -0.39 is 0 Å². The summed E-state index contributed by atoms with van der Waals surface area (Å²) in [4.78, 5) is 37.7. The standard InChI is InChI=1S/C25H25N5O2S2/c31-22(10-11-30-24(32)20-8-4-5-9-21(20)27-25(30)33)29-14-12-28(13-15-29)16-19-17-34-23(26-19)18-6-2-1-3-7-18/h1-9,17H,10-16H2,(H,27,33). The molecule has 0 aliphatic carbocycles. The second-order valence-corrected chi connectivity index (χ2v) is 9.59. The van der Waals surface area contributed by atoms with Crippen LogP contribution in [-0.2, 0) is 17.9 Å². The molecule has 1 fully saturated rings. The molecule has 4 aromatic rings. The number of hydrogen-bond acceptors (Lipinski definition) is 6. The van der Waals surface area contributed by atoms with Gasteiger partial charge in [0.25, 0.3) is 5.56 Å². The molecular formula is C25H25N5O2S2. The first-order valence-electron chi connectivity index (χ1n) is 11.3. The number of para-hydroxylation sites is 1. The monoisotopic (exact) mass is 491 g/mol. The van der Waals surface area contributed by atoms with E-state index in [4.69, 9.17) is 17.2 Å². The van der Waals surface area contributed by atoms with Crippen LogP contribution < -0.4 is 5.56 Å². The Morgan fingerprint density at radius 1 is 1.03 bits per heavy atom. The maximum absolute atomic E-state index is 12.8. The molecule has 1 amide bonds. The number of hydrogen-bond donors (Lipinski definition) is 1. The summed E-state index contributed by atoms with van der Waals surface area (Å²) in [5.74, 6) is 0.0501. The number of benzene rings is 2. The smallest absolute Gasteiger partial charge is 0.262 e. The van der Waals surface area contributed by atoms with E-state index in [1.54, 1.807) is 17.4 Å². The van der Waals surface area contributed by atoms with Gasteiger partial charge >= 0.3 is 0 Å². The lowest BCUT2D eigenvalue weighted by Crippen LogP contribution is -2.48. The maximum Gasteiger partial charge on any atom is 0.262 e. The van der Waals surface area contributed by atoms with Crippen LogP contribution in [0.1, 0.15) is 12.1 Å². The summed E-state index contributed by atoms with van der Waals surface area (Å²) < 4.78 is 1.83. The van der Waals surface area contributed by atoms with Crippen LogP contribution in [0.15, 0.2) is 64.8 Å². The summed E-state index contributed by atoms with van der Waals surface area (Å²) in [6.45, 7) is 4.02.